The van der Waals surface area contributed by atoms with Crippen molar-refractivity contribution in [1.29, 1.82) is 0 Å². The summed E-state index contributed by atoms with van der Waals surface area (Å²) in [5.41, 5.74) is -0.785. The first-order chi connectivity index (χ1) is 18.3. The maximum absolute atomic E-state index is 13.4. The number of hydrogen-bond donors (Lipinski definition) is 1. The van der Waals surface area contributed by atoms with Gasteiger partial charge in [-0.05, 0) is 51.8 Å². The molecule has 3 amide bonds. The second-order valence-corrected chi connectivity index (χ2v) is 11.0. The van der Waals surface area contributed by atoms with E-state index in [-0.39, 0.29) is 23.8 Å². The van der Waals surface area contributed by atoms with Crippen molar-refractivity contribution in [1.82, 2.24) is 24.8 Å². The number of carbonyl (C=O) groups is 2. The molecule has 2 saturated heterocycles. The molecule has 3 atom stereocenters. The lowest BCUT2D eigenvalue weighted by Crippen LogP contribution is -2.52. The average Bonchev–Trinajstić information content (AvgIpc) is 3.38. The van der Waals surface area contributed by atoms with Crippen LogP contribution in [0.2, 0.25) is 0 Å². The van der Waals surface area contributed by atoms with Crippen molar-refractivity contribution < 1.29 is 37.1 Å². The van der Waals surface area contributed by atoms with Gasteiger partial charge in [0.1, 0.15) is 6.04 Å². The number of alkyl halides is 3. The number of carboxylic acid groups (broad SMARTS) is 1. The fraction of sp³-hybridized carbons (Fsp3) is 0.615. The number of amides is 3. The molecule has 0 bridgehead atoms. The number of urea groups is 1. The van der Waals surface area contributed by atoms with Gasteiger partial charge in [-0.25, -0.2) is 9.59 Å². The lowest BCUT2D eigenvalue weighted by Gasteiger charge is -2.40. The van der Waals surface area contributed by atoms with Gasteiger partial charge in [-0.3, -0.25) is 4.90 Å². The lowest BCUT2D eigenvalue weighted by atomic mass is 9.84. The summed E-state index contributed by atoms with van der Waals surface area (Å²) >= 11 is 0. The molecule has 10 nitrogen and oxygen atoms in total. The largest absolute Gasteiger partial charge is 0.465 e. The van der Waals surface area contributed by atoms with Crippen molar-refractivity contribution in [2.24, 2.45) is 0 Å². The highest BCUT2D eigenvalue weighted by atomic mass is 19.4. The molecule has 13 heteroatoms. The Bertz CT molecular complexity index is 1160. The molecule has 0 spiro atoms. The summed E-state index contributed by atoms with van der Waals surface area (Å²) in [6.45, 7) is 9.35. The van der Waals surface area contributed by atoms with Crippen LogP contribution < -0.4 is 0 Å². The fourth-order valence-electron chi connectivity index (χ4n) is 5.31. The van der Waals surface area contributed by atoms with Crippen molar-refractivity contribution >= 4 is 12.1 Å². The summed E-state index contributed by atoms with van der Waals surface area (Å²) in [5, 5.41) is 13.9. The summed E-state index contributed by atoms with van der Waals surface area (Å²) < 4.78 is 50.2. The first-order valence-electron chi connectivity index (χ1n) is 12.9. The van der Waals surface area contributed by atoms with Crippen LogP contribution in [0.5, 0.6) is 0 Å². The van der Waals surface area contributed by atoms with Crippen LogP contribution in [0.15, 0.2) is 28.8 Å². The molecular formula is C26H34F3N5O5. The second kappa shape index (κ2) is 11.0. The number of likely N-dealkylation sites (tertiary alicyclic amines) is 1. The predicted molar refractivity (Wildman–Crippen MR) is 133 cm³/mol. The average molecular weight is 554 g/mol. The number of nitrogens with zero attached hydrogens (tertiary/aromatic N) is 5. The molecule has 1 N–H and O–H groups in total. The van der Waals surface area contributed by atoms with Gasteiger partial charge >= 0.3 is 18.3 Å². The van der Waals surface area contributed by atoms with Crippen LogP contribution in [0.1, 0.15) is 74.8 Å². The Hall–Kier alpha value is -3.35. The van der Waals surface area contributed by atoms with E-state index in [9.17, 15) is 27.9 Å². The van der Waals surface area contributed by atoms with Crippen LogP contribution in [0.3, 0.4) is 0 Å². The normalized spacial score (nSPS) is 21.5. The van der Waals surface area contributed by atoms with E-state index < -0.39 is 29.4 Å². The van der Waals surface area contributed by atoms with E-state index >= 15 is 0 Å². The highest BCUT2D eigenvalue weighted by Gasteiger charge is 2.39. The van der Waals surface area contributed by atoms with Crippen LogP contribution in [-0.4, -0.2) is 87.0 Å². The van der Waals surface area contributed by atoms with E-state index in [4.69, 9.17) is 9.26 Å². The maximum Gasteiger partial charge on any atom is 0.416 e. The number of carbonyl (C=O) groups excluding carboxylic acids is 1. The number of halogens is 3. The zero-order valence-electron chi connectivity index (χ0n) is 22.4. The number of morpholine rings is 1. The molecular weight excluding hydrogens is 519 g/mol. The van der Waals surface area contributed by atoms with E-state index in [0.29, 0.717) is 57.2 Å². The van der Waals surface area contributed by atoms with Gasteiger partial charge in [0.2, 0.25) is 5.89 Å². The number of benzene rings is 1. The topological polar surface area (TPSA) is 112 Å². The first kappa shape index (κ1) is 28.7. The Morgan fingerprint density at radius 2 is 1.67 bits per heavy atom. The number of hydrogen-bond acceptors (Lipinski definition) is 6. The third kappa shape index (κ3) is 6.45. The number of rotatable bonds is 4. The van der Waals surface area contributed by atoms with Crippen LogP contribution in [0.4, 0.5) is 22.8 Å². The van der Waals surface area contributed by atoms with E-state index in [1.54, 1.807) is 37.5 Å². The third-order valence-corrected chi connectivity index (χ3v) is 7.21. The lowest BCUT2D eigenvalue weighted by molar-refractivity contribution is -0.137. The van der Waals surface area contributed by atoms with Crippen molar-refractivity contribution in [2.45, 2.75) is 63.7 Å². The molecule has 2 unspecified atom stereocenters. The van der Waals surface area contributed by atoms with E-state index in [2.05, 4.69) is 10.1 Å². The molecule has 2 aromatic rings. The zero-order valence-corrected chi connectivity index (χ0v) is 22.4. The van der Waals surface area contributed by atoms with Crippen LogP contribution in [0.25, 0.3) is 0 Å². The maximum atomic E-state index is 13.4. The van der Waals surface area contributed by atoms with Crippen LogP contribution in [-0.2, 0) is 10.9 Å². The van der Waals surface area contributed by atoms with E-state index in [1.807, 2.05) is 0 Å². The first-order valence-corrected chi connectivity index (χ1v) is 12.9. The Kier molecular flexibility index (Phi) is 8.10. The molecule has 2 fully saturated rings. The molecule has 2 aliphatic heterocycles. The minimum atomic E-state index is -4.44. The molecule has 0 aliphatic carbocycles. The Labute approximate surface area is 224 Å². The van der Waals surface area contributed by atoms with Gasteiger partial charge in [-0.2, -0.15) is 18.2 Å². The van der Waals surface area contributed by atoms with Gasteiger partial charge in [0.15, 0.2) is 5.82 Å². The molecule has 4 rings (SSSR count). The van der Waals surface area contributed by atoms with E-state index in [1.165, 1.54) is 17.0 Å². The zero-order chi connectivity index (χ0) is 28.5. The fourth-order valence-corrected chi connectivity index (χ4v) is 5.31. The highest BCUT2D eigenvalue weighted by molar-refractivity contribution is 5.75. The quantitative estimate of drug-likeness (QED) is 0.570. The molecule has 2 aliphatic rings. The SMILES string of the molecule is C[C@@H](c1nc(C2CC(c3ccc(C(F)(F)F)cc3)CN(C(=O)N3CCOCC3)C2)no1)N(C(=O)O)C(C)(C)C. The number of aromatic nitrogens is 2. The second-order valence-electron chi connectivity index (χ2n) is 11.0. The summed E-state index contributed by atoms with van der Waals surface area (Å²) in [5.74, 6) is -0.174. The molecule has 214 valence electrons. The van der Waals surface area contributed by atoms with Gasteiger partial charge in [0.25, 0.3) is 0 Å². The van der Waals surface area contributed by atoms with Gasteiger partial charge in [-0.1, -0.05) is 17.3 Å². The Morgan fingerprint density at radius 1 is 1.05 bits per heavy atom. The molecule has 39 heavy (non-hydrogen) atoms. The van der Waals surface area contributed by atoms with Crippen molar-refractivity contribution in [3.63, 3.8) is 0 Å². The van der Waals surface area contributed by atoms with Crippen molar-refractivity contribution in [2.75, 3.05) is 39.4 Å². The standard InChI is InChI=1S/C26H34F3N5O5/c1-16(34(24(36)37)25(2,3)4)22-30-21(31-39-22)19-13-18(17-5-7-20(8-6-17)26(27,28)29)14-33(15-19)23(35)32-9-11-38-12-10-32/h5-8,16,18-19H,9-15H2,1-4H3,(H,36,37)/t16-,18?,19?/m0/s1. The predicted octanol–water partition coefficient (Wildman–Crippen LogP) is 4.95. The molecule has 0 radical (unpaired) electrons. The summed E-state index contributed by atoms with van der Waals surface area (Å²) in [6, 6.07) is 4.10. The van der Waals surface area contributed by atoms with Gasteiger partial charge in [0, 0.05) is 43.6 Å². The molecule has 1 aromatic heterocycles. The summed E-state index contributed by atoms with van der Waals surface area (Å²) in [6.07, 6.45) is -5.09. The van der Waals surface area contributed by atoms with Crippen molar-refractivity contribution in [3.05, 3.63) is 47.1 Å². The van der Waals surface area contributed by atoms with Gasteiger partial charge < -0.3 is 24.2 Å². The third-order valence-electron chi connectivity index (χ3n) is 7.21. The number of piperidine rings is 1. The number of ether oxygens (including phenoxy) is 1. The smallest absolute Gasteiger partial charge is 0.416 e. The van der Waals surface area contributed by atoms with Gasteiger partial charge in [0.05, 0.1) is 18.8 Å². The molecule has 0 saturated carbocycles. The molecule has 3 heterocycles. The molecule has 1 aromatic carbocycles. The monoisotopic (exact) mass is 553 g/mol. The van der Waals surface area contributed by atoms with Crippen LogP contribution in [0, 0.1) is 0 Å². The minimum Gasteiger partial charge on any atom is -0.465 e. The highest BCUT2D eigenvalue weighted by Crippen LogP contribution is 2.38. The van der Waals surface area contributed by atoms with Crippen molar-refractivity contribution in [3.8, 4) is 0 Å². The van der Waals surface area contributed by atoms with E-state index in [0.717, 1.165) is 12.1 Å². The Balaban J connectivity index is 1.61. The summed E-state index contributed by atoms with van der Waals surface area (Å²) in [4.78, 5) is 34.5. The van der Waals surface area contributed by atoms with Crippen LogP contribution >= 0.6 is 0 Å². The Morgan fingerprint density at radius 3 is 2.23 bits per heavy atom. The summed E-state index contributed by atoms with van der Waals surface area (Å²) in [7, 11) is 0. The van der Waals surface area contributed by atoms with Gasteiger partial charge in [-0.15, -0.1) is 0 Å². The minimum absolute atomic E-state index is 0.130.